The Kier molecular flexibility index (Phi) is 6.78. The molecule has 26 heavy (non-hydrogen) atoms. The molecule has 8 heteroatoms. The number of hydrogen-bond donors (Lipinski definition) is 2. The van der Waals surface area contributed by atoms with Crippen LogP contribution in [0.3, 0.4) is 0 Å². The van der Waals surface area contributed by atoms with Crippen LogP contribution in [0.2, 0.25) is 0 Å². The van der Waals surface area contributed by atoms with E-state index in [-0.39, 0.29) is 25.1 Å². The summed E-state index contributed by atoms with van der Waals surface area (Å²) in [6.45, 7) is 1.94. The number of nitrogens with zero attached hydrogens (tertiary/aromatic N) is 2. The quantitative estimate of drug-likeness (QED) is 0.539. The van der Waals surface area contributed by atoms with Gasteiger partial charge in [-0.2, -0.15) is 0 Å². The molecule has 136 valence electrons. The van der Waals surface area contributed by atoms with E-state index in [0.29, 0.717) is 11.0 Å². The van der Waals surface area contributed by atoms with Crippen LogP contribution >= 0.6 is 0 Å². The Morgan fingerprint density at radius 2 is 2.00 bits per heavy atom. The van der Waals surface area contributed by atoms with Crippen LogP contribution in [-0.4, -0.2) is 40.4 Å². The number of nitrogens with two attached hydrogens (primary N) is 1. The number of primary amides is 1. The third-order valence-electron chi connectivity index (χ3n) is 3.45. The Bertz CT molecular complexity index is 835. The first-order valence-corrected chi connectivity index (χ1v) is 8.15. The van der Waals surface area contributed by atoms with Gasteiger partial charge in [-0.15, -0.1) is 0 Å². The topological polar surface area (TPSA) is 124 Å². The number of amides is 2. The smallest absolute Gasteiger partial charge is 0.330 e. The Balaban J connectivity index is 2.12. The van der Waals surface area contributed by atoms with E-state index in [9.17, 15) is 14.4 Å². The van der Waals surface area contributed by atoms with Gasteiger partial charge >= 0.3 is 5.97 Å². The molecule has 8 nitrogen and oxygen atoms in total. The van der Waals surface area contributed by atoms with E-state index in [0.717, 1.165) is 0 Å². The summed E-state index contributed by atoms with van der Waals surface area (Å²) in [5.74, 6) is -1.50. The van der Waals surface area contributed by atoms with Gasteiger partial charge in [-0.05, 0) is 25.5 Å². The number of para-hydroxylation sites is 2. The average molecular weight is 356 g/mol. The first kappa shape index (κ1) is 19.0. The largest absolute Gasteiger partial charge is 0.463 e. The molecule has 2 rings (SSSR count). The summed E-state index contributed by atoms with van der Waals surface area (Å²) >= 11 is 0. The highest BCUT2D eigenvalue weighted by molar-refractivity contribution is 5.94. The Hall–Kier alpha value is -3.29. The highest BCUT2D eigenvalue weighted by Crippen LogP contribution is 2.09. The van der Waals surface area contributed by atoms with Crippen LogP contribution < -0.4 is 11.1 Å². The fourth-order valence-electron chi connectivity index (χ4n) is 2.21. The summed E-state index contributed by atoms with van der Waals surface area (Å²) in [5.41, 5.74) is 6.57. The van der Waals surface area contributed by atoms with Crippen molar-refractivity contribution in [1.29, 1.82) is 0 Å². The maximum atomic E-state index is 12.4. The summed E-state index contributed by atoms with van der Waals surface area (Å²) in [5, 5.41) is 2.71. The van der Waals surface area contributed by atoms with Crippen molar-refractivity contribution in [3.8, 4) is 0 Å². The van der Waals surface area contributed by atoms with E-state index < -0.39 is 23.8 Å². The second-order valence-electron chi connectivity index (χ2n) is 5.44. The third-order valence-corrected chi connectivity index (χ3v) is 3.45. The zero-order chi connectivity index (χ0) is 18.9. The van der Waals surface area contributed by atoms with Crippen LogP contribution in [0.4, 0.5) is 0 Å². The number of hydrogen-bond acceptors (Lipinski definition) is 6. The lowest BCUT2D eigenvalue weighted by molar-refractivity contribution is -0.137. The molecule has 1 atom stereocenters. The molecule has 1 aromatic heterocycles. The maximum absolute atomic E-state index is 12.4. The van der Waals surface area contributed by atoms with Crippen LogP contribution in [0.15, 0.2) is 42.6 Å². The number of esters is 1. The Morgan fingerprint density at radius 1 is 1.27 bits per heavy atom. The molecule has 0 radical (unpaired) electrons. The number of carbonyl (C=O) groups excluding carboxylic acids is 3. The van der Waals surface area contributed by atoms with Gasteiger partial charge in [0.2, 0.25) is 5.91 Å². The molecule has 0 saturated heterocycles. The van der Waals surface area contributed by atoms with Gasteiger partial charge in [0.15, 0.2) is 0 Å². The highest BCUT2D eigenvalue weighted by Gasteiger charge is 2.15. The van der Waals surface area contributed by atoms with Crippen molar-refractivity contribution in [2.45, 2.75) is 25.8 Å². The summed E-state index contributed by atoms with van der Waals surface area (Å²) in [7, 11) is 0. The molecule has 0 aliphatic heterocycles. The number of carbonyl (C=O) groups is 3. The molecular formula is C18H20N4O4. The van der Waals surface area contributed by atoms with Gasteiger partial charge in [0, 0.05) is 18.5 Å². The number of fused-ring (bicyclic) bond motifs is 1. The average Bonchev–Trinajstić information content (AvgIpc) is 2.63. The minimum atomic E-state index is -0.576. The number of nitrogens with one attached hydrogen (secondary N) is 1. The van der Waals surface area contributed by atoms with Crippen molar-refractivity contribution in [2.24, 2.45) is 5.73 Å². The van der Waals surface area contributed by atoms with E-state index in [4.69, 9.17) is 10.5 Å². The van der Waals surface area contributed by atoms with Gasteiger partial charge in [-0.3, -0.25) is 14.6 Å². The minimum absolute atomic E-state index is 0.0571. The zero-order valence-corrected chi connectivity index (χ0v) is 14.3. The van der Waals surface area contributed by atoms with Crippen LogP contribution in [0.5, 0.6) is 0 Å². The van der Waals surface area contributed by atoms with E-state index >= 15 is 0 Å². The molecule has 0 spiro atoms. The summed E-state index contributed by atoms with van der Waals surface area (Å²) < 4.78 is 4.80. The van der Waals surface area contributed by atoms with Crippen molar-refractivity contribution in [2.75, 3.05) is 6.61 Å². The fraction of sp³-hybridized carbons (Fsp3) is 0.278. The van der Waals surface area contributed by atoms with Gasteiger partial charge in [-0.1, -0.05) is 18.2 Å². The zero-order valence-electron chi connectivity index (χ0n) is 14.3. The standard InChI is InChI=1S/C18H20N4O4/c1-2-26-17(24)10-8-12(7-9-16(19)23)21-18(25)15-11-20-13-5-3-4-6-14(13)22-15/h3-6,8,10-12H,2,7,9H2,1H3,(H2,19,23)(H,21,25)/b10-8+. The molecule has 0 saturated carbocycles. The van der Waals surface area contributed by atoms with Gasteiger partial charge in [-0.25, -0.2) is 9.78 Å². The van der Waals surface area contributed by atoms with Gasteiger partial charge in [0.1, 0.15) is 5.69 Å². The van der Waals surface area contributed by atoms with E-state index in [1.165, 1.54) is 18.3 Å². The predicted octanol–water partition coefficient (Wildman–Crippen LogP) is 1.11. The van der Waals surface area contributed by atoms with Crippen molar-refractivity contribution in [3.05, 3.63) is 48.3 Å². The molecule has 1 aromatic carbocycles. The van der Waals surface area contributed by atoms with Crippen molar-refractivity contribution < 1.29 is 19.1 Å². The first-order chi connectivity index (χ1) is 12.5. The summed E-state index contributed by atoms with van der Waals surface area (Å²) in [6.07, 6.45) is 4.35. The molecule has 1 unspecified atom stereocenters. The highest BCUT2D eigenvalue weighted by atomic mass is 16.5. The molecule has 2 aromatic rings. The third kappa shape index (κ3) is 5.66. The monoisotopic (exact) mass is 356 g/mol. The molecular weight excluding hydrogens is 336 g/mol. The maximum Gasteiger partial charge on any atom is 0.330 e. The molecule has 3 N–H and O–H groups in total. The van der Waals surface area contributed by atoms with Crippen molar-refractivity contribution >= 4 is 28.8 Å². The van der Waals surface area contributed by atoms with Crippen LogP contribution in [-0.2, 0) is 14.3 Å². The van der Waals surface area contributed by atoms with Crippen LogP contribution in [0, 0.1) is 0 Å². The van der Waals surface area contributed by atoms with E-state index in [2.05, 4.69) is 15.3 Å². The predicted molar refractivity (Wildman–Crippen MR) is 95.0 cm³/mol. The molecule has 0 fully saturated rings. The van der Waals surface area contributed by atoms with Crippen molar-refractivity contribution in [3.63, 3.8) is 0 Å². The molecule has 2 amide bonds. The van der Waals surface area contributed by atoms with E-state index in [1.807, 2.05) is 6.07 Å². The molecule has 1 heterocycles. The number of rotatable bonds is 8. The fourth-order valence-corrected chi connectivity index (χ4v) is 2.21. The minimum Gasteiger partial charge on any atom is -0.463 e. The Morgan fingerprint density at radius 3 is 2.69 bits per heavy atom. The summed E-state index contributed by atoms with van der Waals surface area (Å²) in [6, 6.07) is 6.60. The summed E-state index contributed by atoms with van der Waals surface area (Å²) in [4.78, 5) is 43.4. The van der Waals surface area contributed by atoms with Gasteiger partial charge in [0.05, 0.1) is 23.8 Å². The Labute approximate surface area is 150 Å². The van der Waals surface area contributed by atoms with Crippen LogP contribution in [0.1, 0.15) is 30.3 Å². The first-order valence-electron chi connectivity index (χ1n) is 8.15. The molecule has 0 aliphatic carbocycles. The van der Waals surface area contributed by atoms with Crippen molar-refractivity contribution in [1.82, 2.24) is 15.3 Å². The lowest BCUT2D eigenvalue weighted by atomic mass is 10.1. The number of ether oxygens (including phenoxy) is 1. The second-order valence-corrected chi connectivity index (χ2v) is 5.44. The van der Waals surface area contributed by atoms with Gasteiger partial charge < -0.3 is 15.8 Å². The SMILES string of the molecule is CCOC(=O)/C=C/C(CCC(N)=O)NC(=O)c1cnc2ccccc2n1. The molecule has 0 aliphatic rings. The van der Waals surface area contributed by atoms with Crippen LogP contribution in [0.25, 0.3) is 11.0 Å². The van der Waals surface area contributed by atoms with E-state index in [1.54, 1.807) is 25.1 Å². The van der Waals surface area contributed by atoms with Gasteiger partial charge in [0.25, 0.3) is 5.91 Å². The number of aromatic nitrogens is 2. The molecule has 0 bridgehead atoms. The normalized spacial score (nSPS) is 12.0. The lowest BCUT2D eigenvalue weighted by Gasteiger charge is -2.14. The second kappa shape index (κ2) is 9.26. The number of benzene rings is 1. The lowest BCUT2D eigenvalue weighted by Crippen LogP contribution is -2.35.